The third-order valence-corrected chi connectivity index (χ3v) is 7.16. The van der Waals surface area contributed by atoms with Crippen LogP contribution >= 0.6 is 23.2 Å². The maximum Gasteiger partial charge on any atom is 0.264 e. The third kappa shape index (κ3) is 8.34. The van der Waals surface area contributed by atoms with Crippen molar-refractivity contribution in [3.63, 3.8) is 0 Å². The highest BCUT2D eigenvalue weighted by molar-refractivity contribution is 7.86. The lowest BCUT2D eigenvalue weighted by atomic mass is 10.0. The molecule has 1 aliphatic heterocycles. The van der Waals surface area contributed by atoms with E-state index in [1.807, 2.05) is 12.1 Å². The molecule has 1 aliphatic rings. The molecular formula is C24H30Cl2N2O6S. The average molecular weight is 545 g/mol. The van der Waals surface area contributed by atoms with Crippen molar-refractivity contribution in [2.75, 3.05) is 46.2 Å². The van der Waals surface area contributed by atoms with Crippen molar-refractivity contribution in [3.05, 3.63) is 63.6 Å². The molecule has 11 heteroatoms. The Morgan fingerprint density at radius 3 is 2.54 bits per heavy atom. The lowest BCUT2D eigenvalue weighted by Crippen LogP contribution is -2.39. The van der Waals surface area contributed by atoms with Gasteiger partial charge in [0.2, 0.25) is 5.91 Å². The first kappa shape index (κ1) is 27.7. The number of carbonyl (C=O) groups excluding carboxylic acids is 1. The van der Waals surface area contributed by atoms with Crippen LogP contribution in [0.25, 0.3) is 0 Å². The Hall–Kier alpha value is -1.88. The molecule has 1 saturated heterocycles. The molecule has 8 nitrogen and oxygen atoms in total. The summed E-state index contributed by atoms with van der Waals surface area (Å²) in [5.74, 6) is 0.520. The first-order valence-corrected chi connectivity index (χ1v) is 13.8. The van der Waals surface area contributed by atoms with E-state index in [1.165, 1.54) is 0 Å². The molecule has 0 aromatic heterocycles. The molecule has 1 N–H and O–H groups in total. The van der Waals surface area contributed by atoms with Crippen LogP contribution in [0.2, 0.25) is 10.0 Å². The summed E-state index contributed by atoms with van der Waals surface area (Å²) in [6.07, 6.45) is 1.39. The summed E-state index contributed by atoms with van der Waals surface area (Å²) in [6, 6.07) is 12.2. The van der Waals surface area contributed by atoms with Crippen molar-refractivity contribution in [2.45, 2.75) is 25.0 Å². The van der Waals surface area contributed by atoms with E-state index < -0.39 is 16.2 Å². The highest BCUT2D eigenvalue weighted by Crippen LogP contribution is 2.28. The zero-order valence-corrected chi connectivity index (χ0v) is 22.0. The van der Waals surface area contributed by atoms with E-state index in [0.29, 0.717) is 41.8 Å². The van der Waals surface area contributed by atoms with E-state index in [4.69, 9.17) is 37.2 Å². The van der Waals surface area contributed by atoms with Gasteiger partial charge >= 0.3 is 0 Å². The van der Waals surface area contributed by atoms with Gasteiger partial charge in [0.15, 0.2) is 0 Å². The molecule has 2 atom stereocenters. The van der Waals surface area contributed by atoms with Crippen molar-refractivity contribution in [1.29, 1.82) is 0 Å². The van der Waals surface area contributed by atoms with Gasteiger partial charge in [-0.2, -0.15) is 8.42 Å². The Morgan fingerprint density at radius 2 is 1.91 bits per heavy atom. The number of carbonyl (C=O) groups is 1. The van der Waals surface area contributed by atoms with Crippen molar-refractivity contribution < 1.29 is 27.2 Å². The Labute approximate surface area is 216 Å². The van der Waals surface area contributed by atoms with Crippen LogP contribution in [-0.2, 0) is 25.5 Å². The van der Waals surface area contributed by atoms with Crippen LogP contribution in [0.3, 0.4) is 0 Å². The summed E-state index contributed by atoms with van der Waals surface area (Å²) in [5.41, 5.74) is 1.66. The standard InChI is InChI=1S/C24H30Cl2N2O6S/c1-27(24(30)14-17-3-8-21(25)22(26)13-17)23(18-4-6-19(7-5-18)33-12-11-29)16-28-10-9-20(15-28)34-35(2,31)32/h3-8,13,20,23,29H,9-12,14-16H2,1-2H3/t20-,23?/m1/s1. The number of rotatable bonds is 11. The highest BCUT2D eigenvalue weighted by Gasteiger charge is 2.31. The highest BCUT2D eigenvalue weighted by atomic mass is 35.5. The maximum absolute atomic E-state index is 13.2. The first-order chi connectivity index (χ1) is 16.6. The van der Waals surface area contributed by atoms with E-state index in [9.17, 15) is 13.2 Å². The third-order valence-electron chi connectivity index (χ3n) is 5.80. The van der Waals surface area contributed by atoms with Crippen molar-refractivity contribution in [2.24, 2.45) is 0 Å². The number of halogens is 2. The molecular weight excluding hydrogens is 515 g/mol. The van der Waals surface area contributed by atoms with E-state index in [0.717, 1.165) is 17.4 Å². The molecule has 3 rings (SSSR count). The topological polar surface area (TPSA) is 96.4 Å². The van der Waals surface area contributed by atoms with Crippen molar-refractivity contribution >= 4 is 39.2 Å². The van der Waals surface area contributed by atoms with Gasteiger partial charge in [-0.15, -0.1) is 0 Å². The normalized spacial score (nSPS) is 17.3. The summed E-state index contributed by atoms with van der Waals surface area (Å²) >= 11 is 12.1. The van der Waals surface area contributed by atoms with E-state index in [2.05, 4.69) is 4.90 Å². The SMILES string of the molecule is CN(C(=O)Cc1ccc(Cl)c(Cl)c1)C(CN1CC[C@@H](OS(C)(=O)=O)C1)c1ccc(OCCO)cc1. The summed E-state index contributed by atoms with van der Waals surface area (Å²) in [7, 11) is -1.79. The van der Waals surface area contributed by atoms with Crippen LogP contribution in [0, 0.1) is 0 Å². The molecule has 0 spiro atoms. The summed E-state index contributed by atoms with van der Waals surface area (Å²) in [4.78, 5) is 17.0. The summed E-state index contributed by atoms with van der Waals surface area (Å²) < 4.78 is 33.7. The fourth-order valence-corrected chi connectivity index (χ4v) is 5.03. The molecule has 0 radical (unpaired) electrons. The zero-order valence-electron chi connectivity index (χ0n) is 19.7. The van der Waals surface area contributed by atoms with E-state index in [-0.39, 0.29) is 31.6 Å². The van der Waals surface area contributed by atoms with Crippen LogP contribution in [0.1, 0.15) is 23.6 Å². The van der Waals surface area contributed by atoms with Crippen molar-refractivity contribution in [3.8, 4) is 5.75 Å². The van der Waals surface area contributed by atoms with E-state index in [1.54, 1.807) is 42.3 Å². The van der Waals surface area contributed by atoms with Crippen LogP contribution in [-0.4, -0.2) is 81.5 Å². The number of aliphatic hydroxyl groups excluding tert-OH is 1. The number of hydrogen-bond acceptors (Lipinski definition) is 7. The zero-order chi connectivity index (χ0) is 25.6. The predicted molar refractivity (Wildman–Crippen MR) is 135 cm³/mol. The minimum absolute atomic E-state index is 0.0813. The maximum atomic E-state index is 13.2. The lowest BCUT2D eigenvalue weighted by molar-refractivity contribution is -0.131. The van der Waals surface area contributed by atoms with Gasteiger partial charge in [-0.05, 0) is 41.8 Å². The number of benzene rings is 2. The Morgan fingerprint density at radius 1 is 1.20 bits per heavy atom. The van der Waals surface area contributed by atoms with Crippen LogP contribution in [0.15, 0.2) is 42.5 Å². The predicted octanol–water partition coefficient (Wildman–Crippen LogP) is 3.16. The molecule has 35 heavy (non-hydrogen) atoms. The number of nitrogens with zero attached hydrogens (tertiary/aromatic N) is 2. The first-order valence-electron chi connectivity index (χ1n) is 11.2. The van der Waals surface area contributed by atoms with Crippen LogP contribution in [0.4, 0.5) is 0 Å². The van der Waals surface area contributed by atoms with Gasteiger partial charge in [0.25, 0.3) is 10.1 Å². The fraction of sp³-hybridized carbons (Fsp3) is 0.458. The number of likely N-dealkylation sites (tertiary alicyclic amines) is 1. The Bertz CT molecular complexity index is 1110. The van der Waals surface area contributed by atoms with Crippen LogP contribution in [0.5, 0.6) is 5.75 Å². The number of ether oxygens (including phenoxy) is 1. The van der Waals surface area contributed by atoms with Gasteiger partial charge in [0.05, 0.1) is 41.5 Å². The van der Waals surface area contributed by atoms with Gasteiger partial charge in [-0.1, -0.05) is 41.4 Å². The molecule has 2 aromatic rings. The summed E-state index contributed by atoms with van der Waals surface area (Å²) in [5, 5.41) is 9.79. The Balaban J connectivity index is 1.77. The quantitative estimate of drug-likeness (QED) is 0.434. The molecule has 1 unspecified atom stereocenters. The molecule has 1 heterocycles. The minimum Gasteiger partial charge on any atom is -0.491 e. The lowest BCUT2D eigenvalue weighted by Gasteiger charge is -2.32. The van der Waals surface area contributed by atoms with Crippen molar-refractivity contribution in [1.82, 2.24) is 9.80 Å². The Kier molecular flexibility index (Phi) is 9.80. The molecule has 1 amide bonds. The van der Waals surface area contributed by atoms with Gasteiger partial charge in [0, 0.05) is 26.7 Å². The molecule has 0 bridgehead atoms. The number of amides is 1. The number of aliphatic hydroxyl groups is 1. The van der Waals surface area contributed by atoms with E-state index >= 15 is 0 Å². The second-order valence-corrected chi connectivity index (χ2v) is 11.0. The largest absolute Gasteiger partial charge is 0.491 e. The molecule has 2 aromatic carbocycles. The van der Waals surface area contributed by atoms with Gasteiger partial charge < -0.3 is 14.7 Å². The monoisotopic (exact) mass is 544 g/mol. The average Bonchev–Trinajstić information content (AvgIpc) is 3.23. The summed E-state index contributed by atoms with van der Waals surface area (Å²) in [6.45, 7) is 1.73. The second kappa shape index (κ2) is 12.4. The van der Waals surface area contributed by atoms with Gasteiger partial charge in [0.1, 0.15) is 12.4 Å². The molecule has 0 saturated carbocycles. The smallest absolute Gasteiger partial charge is 0.264 e. The second-order valence-electron chi connectivity index (χ2n) is 8.56. The molecule has 0 aliphatic carbocycles. The fourth-order valence-electron chi connectivity index (χ4n) is 4.06. The molecule has 1 fully saturated rings. The van der Waals surface area contributed by atoms with Crippen LogP contribution < -0.4 is 4.74 Å². The number of likely N-dealkylation sites (N-methyl/N-ethyl adjacent to an activating group) is 1. The van der Waals surface area contributed by atoms with Gasteiger partial charge in [-0.25, -0.2) is 0 Å². The molecule has 192 valence electrons. The number of hydrogen-bond donors (Lipinski definition) is 1. The minimum atomic E-state index is -3.54. The van der Waals surface area contributed by atoms with Gasteiger partial charge in [-0.3, -0.25) is 13.9 Å².